The van der Waals surface area contributed by atoms with Crippen molar-refractivity contribution in [1.29, 1.82) is 0 Å². The molecule has 1 saturated heterocycles. The van der Waals surface area contributed by atoms with Crippen LogP contribution in [0.5, 0.6) is 5.75 Å². The van der Waals surface area contributed by atoms with Crippen LogP contribution in [0.1, 0.15) is 12.0 Å². The van der Waals surface area contributed by atoms with Crippen LogP contribution in [0.25, 0.3) is 0 Å². The molecule has 2 aromatic rings. The third-order valence-corrected chi connectivity index (χ3v) is 6.86. The van der Waals surface area contributed by atoms with Gasteiger partial charge in [-0.1, -0.05) is 41.9 Å². The van der Waals surface area contributed by atoms with Gasteiger partial charge in [-0.05, 0) is 33.6 Å². The summed E-state index contributed by atoms with van der Waals surface area (Å²) in [4.78, 5) is 39.2. The summed E-state index contributed by atoms with van der Waals surface area (Å²) in [7, 11) is 0. The second-order valence-electron chi connectivity index (χ2n) is 8.12. The standard InChI is InChI=1S/C23H23BrClN3O6/c24-16-8-20-18(9-17(16)25)28(12-15-10-27(11-15)23(31)32)21(29)19(34-20)6-7-26-22(30)33-13-14-4-2-1-3-5-14/h1-5,8-9,15,19H,6-7,10-13H2,(H,26,30)(H,31,32)/t19-/m0/s1. The van der Waals surface area contributed by atoms with E-state index in [1.54, 1.807) is 17.0 Å². The van der Waals surface area contributed by atoms with Gasteiger partial charge >= 0.3 is 12.2 Å². The molecular weight excluding hydrogens is 530 g/mol. The number of hydrogen-bond acceptors (Lipinski definition) is 5. The number of alkyl carbamates (subject to hydrolysis) is 1. The Kier molecular flexibility index (Phi) is 7.47. The number of hydrogen-bond donors (Lipinski definition) is 2. The summed E-state index contributed by atoms with van der Waals surface area (Å²) in [5.74, 6) is 0.237. The Labute approximate surface area is 209 Å². The number of amides is 3. The lowest BCUT2D eigenvalue weighted by Gasteiger charge is -2.42. The fourth-order valence-corrected chi connectivity index (χ4v) is 4.35. The summed E-state index contributed by atoms with van der Waals surface area (Å²) in [6.45, 7) is 1.40. The van der Waals surface area contributed by atoms with Crippen LogP contribution in [0.3, 0.4) is 0 Å². The van der Waals surface area contributed by atoms with Gasteiger partial charge in [0.05, 0.1) is 10.7 Å². The first-order valence-electron chi connectivity index (χ1n) is 10.7. The van der Waals surface area contributed by atoms with Gasteiger partial charge in [-0.25, -0.2) is 9.59 Å². The van der Waals surface area contributed by atoms with Crippen LogP contribution in [-0.4, -0.2) is 60.4 Å². The number of carboxylic acid groups (broad SMARTS) is 1. The highest BCUT2D eigenvalue weighted by Gasteiger charge is 2.39. The summed E-state index contributed by atoms with van der Waals surface area (Å²) in [6, 6.07) is 12.7. The third kappa shape index (κ3) is 5.56. The number of carbonyl (C=O) groups is 3. The monoisotopic (exact) mass is 551 g/mol. The molecule has 3 amide bonds. The maximum Gasteiger partial charge on any atom is 0.407 e. The van der Waals surface area contributed by atoms with Gasteiger partial charge < -0.3 is 29.7 Å². The molecule has 2 N–H and O–H groups in total. The molecule has 180 valence electrons. The van der Waals surface area contributed by atoms with Gasteiger partial charge in [0, 0.05) is 43.0 Å². The molecule has 0 radical (unpaired) electrons. The molecule has 0 saturated carbocycles. The van der Waals surface area contributed by atoms with E-state index in [0.29, 0.717) is 40.6 Å². The van der Waals surface area contributed by atoms with E-state index >= 15 is 0 Å². The van der Waals surface area contributed by atoms with E-state index in [1.807, 2.05) is 30.3 Å². The van der Waals surface area contributed by atoms with E-state index in [9.17, 15) is 14.4 Å². The first kappa shape index (κ1) is 24.2. The summed E-state index contributed by atoms with van der Waals surface area (Å²) in [6.07, 6.45) is -2.13. The smallest absolute Gasteiger partial charge is 0.407 e. The van der Waals surface area contributed by atoms with Crippen molar-refractivity contribution in [1.82, 2.24) is 10.2 Å². The second kappa shape index (κ2) is 10.5. The third-order valence-electron chi connectivity index (χ3n) is 5.66. The molecule has 0 aromatic heterocycles. The van der Waals surface area contributed by atoms with Crippen LogP contribution in [0.15, 0.2) is 46.9 Å². The zero-order valence-electron chi connectivity index (χ0n) is 18.1. The Morgan fingerprint density at radius 1 is 1.24 bits per heavy atom. The van der Waals surface area contributed by atoms with Gasteiger partial charge in [-0.15, -0.1) is 0 Å². The van der Waals surface area contributed by atoms with Gasteiger partial charge in [0.15, 0.2) is 6.10 Å². The number of rotatable bonds is 7. The molecule has 9 nitrogen and oxygen atoms in total. The molecule has 0 spiro atoms. The molecular formula is C23H23BrClN3O6. The highest BCUT2D eigenvalue weighted by molar-refractivity contribution is 9.10. The molecule has 1 atom stereocenters. The van der Waals surface area contributed by atoms with Crippen molar-refractivity contribution in [3.8, 4) is 5.75 Å². The minimum absolute atomic E-state index is 0.0140. The van der Waals surface area contributed by atoms with Crippen LogP contribution < -0.4 is 15.0 Å². The van der Waals surface area contributed by atoms with Crippen molar-refractivity contribution in [3.05, 3.63) is 57.5 Å². The first-order chi connectivity index (χ1) is 16.3. The van der Waals surface area contributed by atoms with E-state index in [0.717, 1.165) is 5.56 Å². The lowest BCUT2D eigenvalue weighted by atomic mass is 9.98. The van der Waals surface area contributed by atoms with Crippen LogP contribution in [-0.2, 0) is 16.1 Å². The van der Waals surface area contributed by atoms with E-state index in [1.165, 1.54) is 4.90 Å². The molecule has 34 heavy (non-hydrogen) atoms. The Balaban J connectivity index is 1.36. The molecule has 4 rings (SSSR count). The number of nitrogens with zero attached hydrogens (tertiary/aromatic N) is 2. The van der Waals surface area contributed by atoms with Gasteiger partial charge in [0.2, 0.25) is 0 Å². The number of ether oxygens (including phenoxy) is 2. The van der Waals surface area contributed by atoms with Crippen LogP contribution in [0.4, 0.5) is 15.3 Å². The van der Waals surface area contributed by atoms with E-state index < -0.39 is 18.3 Å². The van der Waals surface area contributed by atoms with Crippen molar-refractivity contribution in [2.75, 3.05) is 31.1 Å². The first-order valence-corrected chi connectivity index (χ1v) is 11.9. The Morgan fingerprint density at radius 2 is 1.97 bits per heavy atom. The summed E-state index contributed by atoms with van der Waals surface area (Å²) in [5, 5.41) is 12.2. The van der Waals surface area contributed by atoms with Crippen LogP contribution >= 0.6 is 27.5 Å². The Hall–Kier alpha value is -2.98. The molecule has 0 bridgehead atoms. The molecule has 1 fully saturated rings. The molecule has 2 aromatic carbocycles. The normalized spacial score (nSPS) is 17.5. The molecule has 2 aliphatic heterocycles. The van der Waals surface area contributed by atoms with Crippen molar-refractivity contribution in [2.45, 2.75) is 19.1 Å². The van der Waals surface area contributed by atoms with Crippen molar-refractivity contribution >= 4 is 51.3 Å². The van der Waals surface area contributed by atoms with E-state index in [2.05, 4.69) is 21.2 Å². The zero-order chi connectivity index (χ0) is 24.2. The second-order valence-corrected chi connectivity index (χ2v) is 9.38. The average molecular weight is 553 g/mol. The fourth-order valence-electron chi connectivity index (χ4n) is 3.87. The van der Waals surface area contributed by atoms with Gasteiger partial charge in [-0.3, -0.25) is 4.79 Å². The quantitative estimate of drug-likeness (QED) is 0.535. The largest absolute Gasteiger partial charge is 0.478 e. The summed E-state index contributed by atoms with van der Waals surface area (Å²) < 4.78 is 11.8. The summed E-state index contributed by atoms with van der Waals surface area (Å²) in [5.41, 5.74) is 1.41. The highest BCUT2D eigenvalue weighted by Crippen LogP contribution is 2.41. The number of likely N-dealkylation sites (tertiary alicyclic amines) is 1. The number of nitrogens with one attached hydrogen (secondary N) is 1. The zero-order valence-corrected chi connectivity index (χ0v) is 20.4. The number of benzene rings is 2. The topological polar surface area (TPSA) is 108 Å². The maximum atomic E-state index is 13.2. The Morgan fingerprint density at radius 3 is 2.68 bits per heavy atom. The molecule has 0 aliphatic carbocycles. The number of anilines is 1. The summed E-state index contributed by atoms with van der Waals surface area (Å²) >= 11 is 9.63. The molecule has 2 heterocycles. The minimum atomic E-state index is -0.972. The fraction of sp³-hybridized carbons (Fsp3) is 0.348. The molecule has 2 aliphatic rings. The number of fused-ring (bicyclic) bond motifs is 1. The van der Waals surface area contributed by atoms with E-state index in [-0.39, 0.29) is 31.4 Å². The maximum absolute atomic E-state index is 13.2. The predicted molar refractivity (Wildman–Crippen MR) is 128 cm³/mol. The van der Waals surface area contributed by atoms with Crippen LogP contribution in [0, 0.1) is 5.92 Å². The highest BCUT2D eigenvalue weighted by atomic mass is 79.9. The van der Waals surface area contributed by atoms with Gasteiger partial charge in [0.25, 0.3) is 5.91 Å². The van der Waals surface area contributed by atoms with Crippen molar-refractivity contribution in [3.63, 3.8) is 0 Å². The number of halogens is 2. The lowest BCUT2D eigenvalue weighted by Crippen LogP contribution is -2.56. The molecule has 0 unspecified atom stereocenters. The van der Waals surface area contributed by atoms with E-state index in [4.69, 9.17) is 26.2 Å². The average Bonchev–Trinajstić information content (AvgIpc) is 2.78. The van der Waals surface area contributed by atoms with Crippen molar-refractivity contribution < 1.29 is 29.0 Å². The SMILES string of the molecule is O=C(NCC[C@@H]1Oc2cc(Br)c(Cl)cc2N(CC2CN(C(=O)O)C2)C1=O)OCc1ccccc1. The minimum Gasteiger partial charge on any atom is -0.478 e. The molecule has 11 heteroatoms. The Bertz CT molecular complexity index is 1080. The van der Waals surface area contributed by atoms with Crippen molar-refractivity contribution in [2.24, 2.45) is 5.92 Å². The van der Waals surface area contributed by atoms with Crippen LogP contribution in [0.2, 0.25) is 5.02 Å². The lowest BCUT2D eigenvalue weighted by molar-refractivity contribution is -0.126. The van der Waals surface area contributed by atoms with Gasteiger partial charge in [0.1, 0.15) is 12.4 Å². The predicted octanol–water partition coefficient (Wildman–Crippen LogP) is 4.12. The van der Waals surface area contributed by atoms with Gasteiger partial charge in [-0.2, -0.15) is 0 Å². The number of carbonyl (C=O) groups excluding carboxylic acids is 2.